The van der Waals surface area contributed by atoms with Crippen molar-refractivity contribution in [2.75, 3.05) is 18.4 Å². The van der Waals surface area contributed by atoms with Gasteiger partial charge in [0.1, 0.15) is 12.1 Å². The molecule has 162 valence electrons. The first kappa shape index (κ1) is 22.4. The maximum atomic E-state index is 12.4. The van der Waals surface area contributed by atoms with Crippen LogP contribution >= 0.6 is 12.4 Å². The molecule has 1 aromatic carbocycles. The van der Waals surface area contributed by atoms with Crippen molar-refractivity contribution in [2.24, 2.45) is 11.8 Å². The largest absolute Gasteiger partial charge is 0.446 e. The summed E-state index contributed by atoms with van der Waals surface area (Å²) in [5, 5.41) is 15.3. The zero-order valence-electron chi connectivity index (χ0n) is 17.0. The lowest BCUT2D eigenvalue weighted by Crippen LogP contribution is -2.43. The van der Waals surface area contributed by atoms with Crippen LogP contribution in [0.25, 0.3) is 0 Å². The maximum Gasteiger partial charge on any atom is 0.411 e. The zero-order chi connectivity index (χ0) is 20.2. The van der Waals surface area contributed by atoms with Crippen LogP contribution in [0.5, 0.6) is 0 Å². The number of ether oxygens (including phenoxy) is 1. The maximum absolute atomic E-state index is 12.4. The van der Waals surface area contributed by atoms with Crippen LogP contribution in [-0.4, -0.2) is 48.2 Å². The van der Waals surface area contributed by atoms with Crippen molar-refractivity contribution in [1.29, 1.82) is 5.26 Å². The lowest BCUT2D eigenvalue weighted by atomic mass is 10.0. The van der Waals surface area contributed by atoms with Gasteiger partial charge in [0.25, 0.3) is 0 Å². The van der Waals surface area contributed by atoms with E-state index in [0.29, 0.717) is 31.0 Å². The molecule has 2 N–H and O–H groups in total. The topological polar surface area (TPSA) is 94.5 Å². The Kier molecular flexibility index (Phi) is 7.57. The Morgan fingerprint density at radius 1 is 1.13 bits per heavy atom. The summed E-state index contributed by atoms with van der Waals surface area (Å²) in [4.78, 5) is 26.2. The minimum atomic E-state index is -0.390. The Hall–Kier alpha value is -2.30. The van der Waals surface area contributed by atoms with Gasteiger partial charge in [-0.3, -0.25) is 10.1 Å². The van der Waals surface area contributed by atoms with E-state index < -0.39 is 0 Å². The molecule has 0 spiro atoms. The fraction of sp³-hybridized carbons (Fsp3) is 0.591. The SMILES string of the molecule is Cl.N#CC1CCCN1C(=O)CNC1CC2CC(OC(=O)Nc3ccccc3)CC2C1. The summed E-state index contributed by atoms with van der Waals surface area (Å²) in [5.74, 6) is 1.11. The first-order chi connectivity index (χ1) is 14.1. The highest BCUT2D eigenvalue weighted by Gasteiger charge is 2.43. The van der Waals surface area contributed by atoms with E-state index >= 15 is 0 Å². The van der Waals surface area contributed by atoms with E-state index in [1.54, 1.807) is 4.90 Å². The molecule has 3 fully saturated rings. The van der Waals surface area contributed by atoms with Crippen molar-refractivity contribution in [3.63, 3.8) is 0 Å². The van der Waals surface area contributed by atoms with E-state index in [1.807, 2.05) is 30.3 Å². The van der Waals surface area contributed by atoms with E-state index in [-0.39, 0.29) is 36.6 Å². The quantitative estimate of drug-likeness (QED) is 0.744. The van der Waals surface area contributed by atoms with Gasteiger partial charge in [-0.15, -0.1) is 12.4 Å². The Bertz CT molecular complexity index is 770. The van der Waals surface area contributed by atoms with Crippen LogP contribution in [-0.2, 0) is 9.53 Å². The number of hydrogen-bond acceptors (Lipinski definition) is 5. The standard InChI is InChI=1S/C22H28N4O3.ClH/c23-13-19-7-4-8-26(19)21(27)14-24-18-9-15-11-20(12-16(15)10-18)29-22(28)25-17-5-2-1-3-6-17;/h1-3,5-6,15-16,18-20,24H,4,7-12,14H2,(H,25,28);1H. The van der Waals surface area contributed by atoms with Crippen LogP contribution in [0.2, 0.25) is 0 Å². The summed E-state index contributed by atoms with van der Waals surface area (Å²) in [5.41, 5.74) is 0.737. The summed E-state index contributed by atoms with van der Waals surface area (Å²) >= 11 is 0. The number of halogens is 1. The van der Waals surface area contributed by atoms with Crippen LogP contribution in [0.3, 0.4) is 0 Å². The number of carbonyl (C=O) groups is 2. The van der Waals surface area contributed by atoms with Gasteiger partial charge in [0.2, 0.25) is 5.91 Å². The Morgan fingerprint density at radius 2 is 1.83 bits per heavy atom. The highest BCUT2D eigenvalue weighted by Crippen LogP contribution is 2.45. The van der Waals surface area contributed by atoms with Crippen LogP contribution < -0.4 is 10.6 Å². The molecule has 1 heterocycles. The minimum Gasteiger partial charge on any atom is -0.446 e. The highest BCUT2D eigenvalue weighted by molar-refractivity contribution is 5.85. The lowest BCUT2D eigenvalue weighted by Gasteiger charge is -2.22. The number of likely N-dealkylation sites (tertiary alicyclic amines) is 1. The van der Waals surface area contributed by atoms with Gasteiger partial charge in [-0.1, -0.05) is 18.2 Å². The second-order valence-corrected chi connectivity index (χ2v) is 8.43. The van der Waals surface area contributed by atoms with Crippen molar-refractivity contribution < 1.29 is 14.3 Å². The minimum absolute atomic E-state index is 0. The predicted octanol–water partition coefficient (Wildman–Crippen LogP) is 3.32. The molecule has 1 aliphatic heterocycles. The first-order valence-corrected chi connectivity index (χ1v) is 10.6. The molecule has 3 unspecified atom stereocenters. The number of amides is 2. The molecule has 3 atom stereocenters. The number of rotatable bonds is 5. The normalized spacial score (nSPS) is 29.6. The first-order valence-electron chi connectivity index (χ1n) is 10.6. The van der Waals surface area contributed by atoms with Gasteiger partial charge in [0, 0.05) is 18.3 Å². The molecule has 0 aromatic heterocycles. The zero-order valence-corrected chi connectivity index (χ0v) is 17.8. The molecule has 1 saturated heterocycles. The highest BCUT2D eigenvalue weighted by atomic mass is 35.5. The van der Waals surface area contributed by atoms with Gasteiger partial charge in [0.15, 0.2) is 0 Å². The summed E-state index contributed by atoms with van der Waals surface area (Å²) < 4.78 is 5.61. The fourth-order valence-corrected chi connectivity index (χ4v) is 5.18. The summed E-state index contributed by atoms with van der Waals surface area (Å²) in [6.07, 6.45) is 5.09. The number of nitrogens with one attached hydrogen (secondary N) is 2. The van der Waals surface area contributed by atoms with Gasteiger partial charge < -0.3 is 15.0 Å². The number of anilines is 1. The smallest absolute Gasteiger partial charge is 0.411 e. The number of para-hydroxylation sites is 1. The molecule has 8 heteroatoms. The molecule has 7 nitrogen and oxygen atoms in total. The van der Waals surface area contributed by atoms with Crippen molar-refractivity contribution >= 4 is 30.1 Å². The fourth-order valence-electron chi connectivity index (χ4n) is 5.18. The third-order valence-corrected chi connectivity index (χ3v) is 6.53. The molecular formula is C22H29ClN4O3. The van der Waals surface area contributed by atoms with Gasteiger partial charge in [-0.2, -0.15) is 5.26 Å². The molecule has 30 heavy (non-hydrogen) atoms. The van der Waals surface area contributed by atoms with E-state index in [0.717, 1.165) is 44.2 Å². The molecule has 2 aliphatic carbocycles. The Balaban J connectivity index is 0.00000256. The number of carbonyl (C=O) groups excluding carboxylic acids is 2. The van der Waals surface area contributed by atoms with E-state index in [2.05, 4.69) is 16.7 Å². The molecule has 2 amide bonds. The van der Waals surface area contributed by atoms with Crippen molar-refractivity contribution in [3.05, 3.63) is 30.3 Å². The van der Waals surface area contributed by atoms with Gasteiger partial charge in [-0.05, 0) is 62.5 Å². The van der Waals surface area contributed by atoms with Crippen LogP contribution in [0, 0.1) is 23.2 Å². The van der Waals surface area contributed by atoms with E-state index in [9.17, 15) is 9.59 Å². The summed E-state index contributed by atoms with van der Waals surface area (Å²) in [6.45, 7) is 1.00. The Morgan fingerprint density at radius 3 is 2.50 bits per heavy atom. The second kappa shape index (κ2) is 10.1. The average molecular weight is 433 g/mol. The molecule has 0 radical (unpaired) electrons. The molecule has 2 saturated carbocycles. The number of fused-ring (bicyclic) bond motifs is 1. The monoisotopic (exact) mass is 432 g/mol. The van der Waals surface area contributed by atoms with Crippen LogP contribution in [0.1, 0.15) is 38.5 Å². The van der Waals surface area contributed by atoms with Crippen LogP contribution in [0.15, 0.2) is 30.3 Å². The second-order valence-electron chi connectivity index (χ2n) is 8.43. The predicted molar refractivity (Wildman–Crippen MR) is 115 cm³/mol. The van der Waals surface area contributed by atoms with Gasteiger partial charge in [0.05, 0.1) is 12.6 Å². The molecule has 4 rings (SSSR count). The molecule has 1 aromatic rings. The average Bonchev–Trinajstić information content (AvgIpc) is 3.41. The third kappa shape index (κ3) is 5.24. The van der Waals surface area contributed by atoms with E-state index in [1.165, 1.54) is 0 Å². The van der Waals surface area contributed by atoms with E-state index in [4.69, 9.17) is 10.00 Å². The third-order valence-electron chi connectivity index (χ3n) is 6.53. The number of nitriles is 1. The number of hydrogen-bond donors (Lipinski definition) is 2. The van der Waals surface area contributed by atoms with Gasteiger partial charge >= 0.3 is 6.09 Å². The number of benzene rings is 1. The molecule has 0 bridgehead atoms. The number of nitrogens with zero attached hydrogens (tertiary/aromatic N) is 2. The van der Waals surface area contributed by atoms with Crippen molar-refractivity contribution in [3.8, 4) is 6.07 Å². The summed E-state index contributed by atoms with van der Waals surface area (Å²) in [6, 6.07) is 11.6. The molecule has 3 aliphatic rings. The van der Waals surface area contributed by atoms with Crippen molar-refractivity contribution in [2.45, 2.75) is 56.7 Å². The summed E-state index contributed by atoms with van der Waals surface area (Å²) in [7, 11) is 0. The Labute approximate surface area is 183 Å². The molecular weight excluding hydrogens is 404 g/mol. The lowest BCUT2D eigenvalue weighted by molar-refractivity contribution is -0.130. The van der Waals surface area contributed by atoms with Gasteiger partial charge in [-0.25, -0.2) is 4.79 Å². The van der Waals surface area contributed by atoms with Crippen molar-refractivity contribution in [1.82, 2.24) is 10.2 Å². The van der Waals surface area contributed by atoms with Crippen LogP contribution in [0.4, 0.5) is 10.5 Å².